The Kier molecular flexibility index (Phi) is 3.83. The first-order valence-electron chi connectivity index (χ1n) is 5.59. The van der Waals surface area contributed by atoms with E-state index in [9.17, 15) is 0 Å². The van der Waals surface area contributed by atoms with Gasteiger partial charge in [-0.3, -0.25) is 0 Å². The number of hydrogen-bond acceptors (Lipinski definition) is 0. The van der Waals surface area contributed by atoms with E-state index in [-0.39, 0.29) is 10.8 Å². The molecule has 15 heavy (non-hydrogen) atoms. The summed E-state index contributed by atoms with van der Waals surface area (Å²) in [6.45, 7) is 10.9. The lowest BCUT2D eigenvalue weighted by molar-refractivity contribution is 0.335. The molecule has 1 unspecified atom stereocenters. The SMILES string of the molecule is CCC(C)(C)C(Cl)c1ccc(C)cc1C. The second kappa shape index (κ2) is 4.57. The molecule has 1 aromatic carbocycles. The van der Waals surface area contributed by atoms with Crippen LogP contribution >= 0.6 is 11.6 Å². The molecule has 0 N–H and O–H groups in total. The molecule has 0 aromatic heterocycles. The third kappa shape index (κ3) is 2.75. The van der Waals surface area contributed by atoms with Gasteiger partial charge in [0, 0.05) is 0 Å². The molecule has 1 aromatic rings. The van der Waals surface area contributed by atoms with Crippen LogP contribution < -0.4 is 0 Å². The standard InChI is InChI=1S/C14H21Cl/c1-6-14(4,5)13(15)12-8-7-10(2)9-11(12)3/h7-9,13H,6H2,1-5H3. The first kappa shape index (κ1) is 12.6. The molecule has 0 fully saturated rings. The van der Waals surface area contributed by atoms with E-state index in [0.29, 0.717) is 0 Å². The highest BCUT2D eigenvalue weighted by molar-refractivity contribution is 6.21. The van der Waals surface area contributed by atoms with Gasteiger partial charge >= 0.3 is 0 Å². The normalized spacial score (nSPS) is 14.0. The van der Waals surface area contributed by atoms with Gasteiger partial charge in [-0.05, 0) is 36.8 Å². The van der Waals surface area contributed by atoms with Crippen molar-refractivity contribution in [1.29, 1.82) is 0 Å². The van der Waals surface area contributed by atoms with Gasteiger partial charge in [-0.25, -0.2) is 0 Å². The van der Waals surface area contributed by atoms with Crippen LogP contribution in [-0.2, 0) is 0 Å². The molecule has 0 saturated carbocycles. The van der Waals surface area contributed by atoms with Gasteiger partial charge in [-0.2, -0.15) is 0 Å². The Morgan fingerprint density at radius 2 is 1.87 bits per heavy atom. The summed E-state index contributed by atoms with van der Waals surface area (Å²) in [6, 6.07) is 6.51. The Labute approximate surface area is 98.7 Å². The molecule has 0 spiro atoms. The number of alkyl halides is 1. The van der Waals surface area contributed by atoms with Gasteiger partial charge in [0.1, 0.15) is 0 Å². The summed E-state index contributed by atoms with van der Waals surface area (Å²) in [5.41, 5.74) is 4.03. The quantitative estimate of drug-likeness (QED) is 0.633. The van der Waals surface area contributed by atoms with Crippen LogP contribution in [-0.4, -0.2) is 0 Å². The van der Waals surface area contributed by atoms with E-state index < -0.39 is 0 Å². The van der Waals surface area contributed by atoms with Crippen molar-refractivity contribution in [1.82, 2.24) is 0 Å². The minimum absolute atomic E-state index is 0.100. The zero-order valence-corrected chi connectivity index (χ0v) is 11.2. The minimum Gasteiger partial charge on any atom is -0.117 e. The lowest BCUT2D eigenvalue weighted by atomic mass is 9.81. The number of benzene rings is 1. The fraction of sp³-hybridized carbons (Fsp3) is 0.571. The Bertz CT molecular complexity index is 339. The molecule has 0 heterocycles. The second-order valence-electron chi connectivity index (χ2n) is 5.06. The zero-order chi connectivity index (χ0) is 11.6. The van der Waals surface area contributed by atoms with Crippen LogP contribution in [0.2, 0.25) is 0 Å². The van der Waals surface area contributed by atoms with Crippen LogP contribution in [0.4, 0.5) is 0 Å². The van der Waals surface area contributed by atoms with E-state index in [1.54, 1.807) is 0 Å². The summed E-state index contributed by atoms with van der Waals surface area (Å²) in [7, 11) is 0. The molecule has 0 nitrogen and oxygen atoms in total. The molecule has 0 saturated heterocycles. The van der Waals surface area contributed by atoms with Crippen LogP contribution in [0.1, 0.15) is 49.3 Å². The van der Waals surface area contributed by atoms with Gasteiger partial charge in [0.25, 0.3) is 0 Å². The van der Waals surface area contributed by atoms with Crippen molar-refractivity contribution in [2.24, 2.45) is 5.41 Å². The van der Waals surface area contributed by atoms with E-state index in [1.165, 1.54) is 16.7 Å². The van der Waals surface area contributed by atoms with Crippen molar-refractivity contribution in [3.8, 4) is 0 Å². The lowest BCUT2D eigenvalue weighted by Crippen LogP contribution is -2.17. The third-order valence-electron chi connectivity index (χ3n) is 3.30. The maximum Gasteiger partial charge on any atom is 0.0638 e. The van der Waals surface area contributed by atoms with Crippen molar-refractivity contribution in [2.75, 3.05) is 0 Å². The number of rotatable bonds is 3. The average Bonchev–Trinajstić information content (AvgIpc) is 2.17. The molecule has 0 bridgehead atoms. The zero-order valence-electron chi connectivity index (χ0n) is 10.4. The molecular weight excluding hydrogens is 204 g/mol. The summed E-state index contributed by atoms with van der Waals surface area (Å²) < 4.78 is 0. The van der Waals surface area contributed by atoms with Crippen molar-refractivity contribution in [3.63, 3.8) is 0 Å². The van der Waals surface area contributed by atoms with E-state index in [4.69, 9.17) is 11.6 Å². The summed E-state index contributed by atoms with van der Waals surface area (Å²) >= 11 is 6.56. The van der Waals surface area contributed by atoms with Crippen molar-refractivity contribution >= 4 is 11.6 Å². The smallest absolute Gasteiger partial charge is 0.0638 e. The van der Waals surface area contributed by atoms with Crippen molar-refractivity contribution in [2.45, 2.75) is 46.4 Å². The van der Waals surface area contributed by atoms with Crippen LogP contribution in [0.3, 0.4) is 0 Å². The second-order valence-corrected chi connectivity index (χ2v) is 5.50. The molecule has 0 aliphatic carbocycles. The number of halogens is 1. The maximum atomic E-state index is 6.56. The van der Waals surface area contributed by atoms with Gasteiger partial charge in [0.05, 0.1) is 5.38 Å². The fourth-order valence-corrected chi connectivity index (χ4v) is 2.11. The number of hydrogen-bond donors (Lipinski definition) is 0. The van der Waals surface area contributed by atoms with Gasteiger partial charge in [-0.15, -0.1) is 11.6 Å². The summed E-state index contributed by atoms with van der Waals surface area (Å²) in [5, 5.41) is 0.100. The monoisotopic (exact) mass is 224 g/mol. The Morgan fingerprint density at radius 1 is 1.27 bits per heavy atom. The molecular formula is C14H21Cl. The highest BCUT2D eigenvalue weighted by Gasteiger charge is 2.28. The summed E-state index contributed by atoms with van der Waals surface area (Å²) in [5.74, 6) is 0. The van der Waals surface area contributed by atoms with Crippen LogP contribution in [0, 0.1) is 19.3 Å². The highest BCUT2D eigenvalue weighted by atomic mass is 35.5. The summed E-state index contributed by atoms with van der Waals surface area (Å²) in [4.78, 5) is 0. The molecule has 1 heteroatoms. The van der Waals surface area contributed by atoms with Crippen LogP contribution in [0.25, 0.3) is 0 Å². The Balaban J connectivity index is 3.06. The molecule has 0 radical (unpaired) electrons. The first-order valence-corrected chi connectivity index (χ1v) is 6.03. The average molecular weight is 225 g/mol. The van der Waals surface area contributed by atoms with Gasteiger partial charge in [-0.1, -0.05) is 44.5 Å². The van der Waals surface area contributed by atoms with E-state index in [0.717, 1.165) is 6.42 Å². The van der Waals surface area contributed by atoms with Crippen molar-refractivity contribution < 1.29 is 0 Å². The third-order valence-corrected chi connectivity index (χ3v) is 4.12. The Hall–Kier alpha value is -0.490. The first-order chi connectivity index (χ1) is 6.88. The molecule has 84 valence electrons. The molecule has 0 aliphatic heterocycles. The van der Waals surface area contributed by atoms with Gasteiger partial charge < -0.3 is 0 Å². The minimum atomic E-state index is 0.100. The predicted molar refractivity (Wildman–Crippen MR) is 68.6 cm³/mol. The topological polar surface area (TPSA) is 0 Å². The molecule has 1 rings (SSSR count). The fourth-order valence-electron chi connectivity index (χ4n) is 1.71. The number of aryl methyl sites for hydroxylation is 2. The lowest BCUT2D eigenvalue weighted by Gasteiger charge is -2.30. The molecule has 1 atom stereocenters. The molecule has 0 amide bonds. The highest BCUT2D eigenvalue weighted by Crippen LogP contribution is 2.42. The van der Waals surface area contributed by atoms with Crippen LogP contribution in [0.5, 0.6) is 0 Å². The van der Waals surface area contributed by atoms with E-state index in [2.05, 4.69) is 52.8 Å². The summed E-state index contributed by atoms with van der Waals surface area (Å²) in [6.07, 6.45) is 1.09. The van der Waals surface area contributed by atoms with Gasteiger partial charge in [0.2, 0.25) is 0 Å². The van der Waals surface area contributed by atoms with Crippen molar-refractivity contribution in [3.05, 3.63) is 34.9 Å². The van der Waals surface area contributed by atoms with Crippen LogP contribution in [0.15, 0.2) is 18.2 Å². The predicted octanol–water partition coefficient (Wildman–Crippen LogP) is 5.02. The van der Waals surface area contributed by atoms with E-state index >= 15 is 0 Å². The van der Waals surface area contributed by atoms with E-state index in [1.807, 2.05) is 0 Å². The molecule has 0 aliphatic rings. The van der Waals surface area contributed by atoms with Gasteiger partial charge in [0.15, 0.2) is 0 Å². The largest absolute Gasteiger partial charge is 0.117 e. The Morgan fingerprint density at radius 3 is 2.33 bits per heavy atom. The maximum absolute atomic E-state index is 6.56.